The van der Waals surface area contributed by atoms with Gasteiger partial charge in [-0.15, -0.1) is 0 Å². The molecule has 0 bridgehead atoms. The minimum Gasteiger partial charge on any atom is -0.480 e. The number of carboxylic acids is 1. The zero-order chi connectivity index (χ0) is 15.5. The van der Waals surface area contributed by atoms with E-state index in [0.29, 0.717) is 10.7 Å². The molecule has 20 heavy (non-hydrogen) atoms. The van der Waals surface area contributed by atoms with Crippen molar-refractivity contribution in [1.82, 2.24) is 5.32 Å². The van der Waals surface area contributed by atoms with E-state index in [1.54, 1.807) is 39.0 Å². The van der Waals surface area contributed by atoms with E-state index in [1.807, 2.05) is 6.92 Å². The minimum absolute atomic E-state index is 0.405. The van der Waals surface area contributed by atoms with Gasteiger partial charge in [-0.1, -0.05) is 38.4 Å². The van der Waals surface area contributed by atoms with Gasteiger partial charge in [-0.2, -0.15) is 0 Å². The van der Waals surface area contributed by atoms with Crippen molar-refractivity contribution in [2.75, 3.05) is 5.32 Å². The molecule has 0 radical (unpaired) electrons. The van der Waals surface area contributed by atoms with E-state index < -0.39 is 23.5 Å². The zero-order valence-corrected chi connectivity index (χ0v) is 12.7. The lowest BCUT2D eigenvalue weighted by atomic mass is 9.87. The Kier molecular flexibility index (Phi) is 5.00. The number of amides is 2. The summed E-state index contributed by atoms with van der Waals surface area (Å²) < 4.78 is 0. The summed E-state index contributed by atoms with van der Waals surface area (Å²) in [6.07, 6.45) is 0. The van der Waals surface area contributed by atoms with Crippen molar-refractivity contribution in [1.29, 1.82) is 0 Å². The number of aliphatic carboxylic acids is 1. The maximum Gasteiger partial charge on any atom is 0.326 e. The van der Waals surface area contributed by atoms with E-state index in [9.17, 15) is 9.59 Å². The molecule has 0 saturated heterocycles. The first-order valence-electron chi connectivity index (χ1n) is 6.17. The van der Waals surface area contributed by atoms with E-state index in [1.165, 1.54) is 0 Å². The van der Waals surface area contributed by atoms with Crippen LogP contribution < -0.4 is 10.6 Å². The van der Waals surface area contributed by atoms with Gasteiger partial charge in [-0.25, -0.2) is 9.59 Å². The number of carboxylic acid groups (broad SMARTS) is 1. The van der Waals surface area contributed by atoms with Gasteiger partial charge in [0.05, 0.1) is 10.7 Å². The molecule has 0 aliphatic heterocycles. The molecule has 0 fully saturated rings. The number of halogens is 1. The second-order valence-corrected chi connectivity index (χ2v) is 6.13. The van der Waals surface area contributed by atoms with Crippen molar-refractivity contribution >= 4 is 29.3 Å². The molecule has 0 saturated carbocycles. The highest BCUT2D eigenvalue weighted by atomic mass is 35.5. The van der Waals surface area contributed by atoms with Crippen LogP contribution in [0, 0.1) is 12.3 Å². The van der Waals surface area contributed by atoms with E-state index >= 15 is 0 Å². The molecular formula is C14H19ClN2O3. The molecule has 0 aliphatic carbocycles. The number of hydrogen-bond acceptors (Lipinski definition) is 2. The Balaban J connectivity index is 2.79. The number of nitrogens with one attached hydrogen (secondary N) is 2. The van der Waals surface area contributed by atoms with E-state index in [2.05, 4.69) is 10.6 Å². The predicted octanol–water partition coefficient (Wildman–Crippen LogP) is 3.27. The summed E-state index contributed by atoms with van der Waals surface area (Å²) >= 11 is 6.00. The van der Waals surface area contributed by atoms with Crippen LogP contribution >= 0.6 is 11.6 Å². The topological polar surface area (TPSA) is 78.4 Å². The highest BCUT2D eigenvalue weighted by Crippen LogP contribution is 2.23. The number of rotatable bonds is 3. The lowest BCUT2D eigenvalue weighted by molar-refractivity contribution is -0.141. The van der Waals surface area contributed by atoms with Crippen LogP contribution in [0.5, 0.6) is 0 Å². The van der Waals surface area contributed by atoms with Gasteiger partial charge in [-0.05, 0) is 30.0 Å². The lowest BCUT2D eigenvalue weighted by Crippen LogP contribution is -2.50. The molecule has 2 amide bonds. The average Bonchev–Trinajstić information content (AvgIpc) is 2.28. The van der Waals surface area contributed by atoms with Crippen LogP contribution in [0.15, 0.2) is 18.2 Å². The Hall–Kier alpha value is -1.75. The second kappa shape index (κ2) is 6.13. The van der Waals surface area contributed by atoms with Crippen LogP contribution in [-0.4, -0.2) is 23.1 Å². The van der Waals surface area contributed by atoms with Gasteiger partial charge in [0.15, 0.2) is 0 Å². The normalized spacial score (nSPS) is 12.7. The molecule has 1 unspecified atom stereocenters. The predicted molar refractivity (Wildman–Crippen MR) is 79.2 cm³/mol. The summed E-state index contributed by atoms with van der Waals surface area (Å²) in [5, 5.41) is 14.5. The number of urea groups is 1. The first-order valence-corrected chi connectivity index (χ1v) is 6.55. The third-order valence-electron chi connectivity index (χ3n) is 2.76. The van der Waals surface area contributed by atoms with Gasteiger partial charge in [0, 0.05) is 0 Å². The molecule has 5 nitrogen and oxygen atoms in total. The van der Waals surface area contributed by atoms with E-state index in [-0.39, 0.29) is 0 Å². The lowest BCUT2D eigenvalue weighted by Gasteiger charge is -2.27. The zero-order valence-electron chi connectivity index (χ0n) is 12.0. The summed E-state index contributed by atoms with van der Waals surface area (Å²) in [7, 11) is 0. The molecule has 110 valence electrons. The third kappa shape index (κ3) is 4.42. The second-order valence-electron chi connectivity index (χ2n) is 5.72. The summed E-state index contributed by atoms with van der Waals surface area (Å²) in [6, 6.07) is 3.60. The SMILES string of the molecule is Cc1ccc(NC(=O)NC(C(=O)O)C(C)(C)C)c(Cl)c1. The molecule has 0 aliphatic rings. The molecule has 6 heteroatoms. The van der Waals surface area contributed by atoms with Crippen LogP contribution in [0.2, 0.25) is 5.02 Å². The molecule has 1 atom stereocenters. The van der Waals surface area contributed by atoms with Crippen LogP contribution in [0.4, 0.5) is 10.5 Å². The maximum atomic E-state index is 11.9. The maximum absolute atomic E-state index is 11.9. The number of carbonyl (C=O) groups excluding carboxylic acids is 1. The molecule has 1 aromatic carbocycles. The quantitative estimate of drug-likeness (QED) is 0.801. The summed E-state index contributed by atoms with van der Waals surface area (Å²) in [5.41, 5.74) is 0.812. The Labute approximate surface area is 123 Å². The fraction of sp³-hybridized carbons (Fsp3) is 0.429. The van der Waals surface area contributed by atoms with Crippen molar-refractivity contribution in [3.8, 4) is 0 Å². The molecule has 1 aromatic rings. The molecule has 0 heterocycles. The van der Waals surface area contributed by atoms with Gasteiger partial charge >= 0.3 is 12.0 Å². The number of benzene rings is 1. The number of hydrogen-bond donors (Lipinski definition) is 3. The van der Waals surface area contributed by atoms with Crippen molar-refractivity contribution in [2.24, 2.45) is 5.41 Å². The first kappa shape index (κ1) is 16.3. The Morgan fingerprint density at radius 2 is 1.90 bits per heavy atom. The summed E-state index contributed by atoms with van der Waals surface area (Å²) in [6.45, 7) is 7.11. The van der Waals surface area contributed by atoms with Crippen LogP contribution in [-0.2, 0) is 4.79 Å². The van der Waals surface area contributed by atoms with E-state index in [4.69, 9.17) is 16.7 Å². The Morgan fingerprint density at radius 3 is 2.35 bits per heavy atom. The van der Waals surface area contributed by atoms with Crippen LogP contribution in [0.3, 0.4) is 0 Å². The van der Waals surface area contributed by atoms with Crippen LogP contribution in [0.25, 0.3) is 0 Å². The van der Waals surface area contributed by atoms with Crippen molar-refractivity contribution in [2.45, 2.75) is 33.7 Å². The minimum atomic E-state index is -1.08. The first-order chi connectivity index (χ1) is 9.11. The largest absolute Gasteiger partial charge is 0.480 e. The highest BCUT2D eigenvalue weighted by Gasteiger charge is 2.32. The molecule has 0 spiro atoms. The molecule has 1 rings (SSSR count). The van der Waals surface area contributed by atoms with Crippen LogP contribution in [0.1, 0.15) is 26.3 Å². The fourth-order valence-electron chi connectivity index (χ4n) is 1.66. The average molecular weight is 299 g/mol. The summed E-state index contributed by atoms with van der Waals surface area (Å²) in [5.74, 6) is -1.08. The van der Waals surface area contributed by atoms with Crippen molar-refractivity contribution < 1.29 is 14.7 Å². The Bertz CT molecular complexity index is 524. The number of aryl methyl sites for hydroxylation is 1. The number of carbonyl (C=O) groups is 2. The van der Waals surface area contributed by atoms with Gasteiger partial charge < -0.3 is 15.7 Å². The fourth-order valence-corrected chi connectivity index (χ4v) is 1.94. The number of anilines is 1. The van der Waals surface area contributed by atoms with Gasteiger partial charge in [-0.3, -0.25) is 0 Å². The van der Waals surface area contributed by atoms with E-state index in [0.717, 1.165) is 5.56 Å². The van der Waals surface area contributed by atoms with Gasteiger partial charge in [0.2, 0.25) is 0 Å². The highest BCUT2D eigenvalue weighted by molar-refractivity contribution is 6.33. The van der Waals surface area contributed by atoms with Gasteiger partial charge in [0.25, 0.3) is 0 Å². The third-order valence-corrected chi connectivity index (χ3v) is 3.07. The molecule has 0 aromatic heterocycles. The smallest absolute Gasteiger partial charge is 0.326 e. The molecule has 3 N–H and O–H groups in total. The Morgan fingerprint density at radius 1 is 1.30 bits per heavy atom. The van der Waals surface area contributed by atoms with Gasteiger partial charge in [0.1, 0.15) is 6.04 Å². The monoisotopic (exact) mass is 298 g/mol. The standard InChI is InChI=1S/C14H19ClN2O3/c1-8-5-6-10(9(15)7-8)16-13(20)17-11(12(18)19)14(2,3)4/h5-7,11H,1-4H3,(H,18,19)(H2,16,17,20). The van der Waals surface area contributed by atoms with Crippen molar-refractivity contribution in [3.63, 3.8) is 0 Å². The van der Waals surface area contributed by atoms with Crippen molar-refractivity contribution in [3.05, 3.63) is 28.8 Å². The molecular weight excluding hydrogens is 280 g/mol. The summed E-state index contributed by atoms with van der Waals surface area (Å²) in [4.78, 5) is 23.0.